The van der Waals surface area contributed by atoms with Crippen molar-refractivity contribution < 1.29 is 9.90 Å². The van der Waals surface area contributed by atoms with Gasteiger partial charge in [-0.3, -0.25) is 9.48 Å². The number of benzene rings is 1. The van der Waals surface area contributed by atoms with Crippen molar-refractivity contribution in [3.8, 4) is 5.75 Å². The number of aromatic hydroxyl groups is 1. The second-order valence-corrected chi connectivity index (χ2v) is 6.30. The normalized spacial score (nSPS) is 11.0. The molecule has 136 valence electrons. The molecular formula is C20H19N5O2. The summed E-state index contributed by atoms with van der Waals surface area (Å²) in [6.07, 6.45) is 8.07. The molecule has 1 amide bonds. The minimum Gasteiger partial charge on any atom is -0.508 e. The summed E-state index contributed by atoms with van der Waals surface area (Å²) >= 11 is 0. The van der Waals surface area contributed by atoms with Crippen LogP contribution in [-0.2, 0) is 17.8 Å². The molecule has 0 aliphatic rings. The van der Waals surface area contributed by atoms with Crippen molar-refractivity contribution >= 4 is 17.2 Å². The van der Waals surface area contributed by atoms with Crippen LogP contribution in [0.1, 0.15) is 17.7 Å². The summed E-state index contributed by atoms with van der Waals surface area (Å²) < 4.78 is 3.70. The molecule has 0 saturated heterocycles. The Morgan fingerprint density at radius 2 is 1.96 bits per heavy atom. The molecule has 0 bridgehead atoms. The van der Waals surface area contributed by atoms with Crippen molar-refractivity contribution in [2.24, 2.45) is 0 Å². The second-order valence-electron chi connectivity index (χ2n) is 6.30. The van der Waals surface area contributed by atoms with E-state index in [1.54, 1.807) is 29.2 Å². The largest absolute Gasteiger partial charge is 0.508 e. The van der Waals surface area contributed by atoms with Gasteiger partial charge in [0.15, 0.2) is 0 Å². The summed E-state index contributed by atoms with van der Waals surface area (Å²) in [6, 6.07) is 12.9. The van der Waals surface area contributed by atoms with Crippen LogP contribution in [-0.4, -0.2) is 30.2 Å². The first-order valence-electron chi connectivity index (χ1n) is 8.69. The molecular weight excluding hydrogens is 342 g/mol. The van der Waals surface area contributed by atoms with Gasteiger partial charge < -0.3 is 14.8 Å². The zero-order valence-electron chi connectivity index (χ0n) is 14.6. The van der Waals surface area contributed by atoms with Gasteiger partial charge in [0, 0.05) is 25.0 Å². The Balaban J connectivity index is 1.34. The zero-order chi connectivity index (χ0) is 18.6. The number of para-hydroxylation sites is 1. The number of carbonyl (C=O) groups is 1. The molecule has 0 aliphatic heterocycles. The summed E-state index contributed by atoms with van der Waals surface area (Å²) in [7, 11) is 0. The molecule has 3 heterocycles. The number of nitrogens with zero attached hydrogens (tertiary/aromatic N) is 4. The van der Waals surface area contributed by atoms with Gasteiger partial charge in [0.1, 0.15) is 11.4 Å². The maximum atomic E-state index is 12.1. The van der Waals surface area contributed by atoms with E-state index in [1.165, 1.54) is 0 Å². The average Bonchev–Trinajstić information content (AvgIpc) is 3.27. The van der Waals surface area contributed by atoms with Crippen LogP contribution in [0.5, 0.6) is 5.75 Å². The number of anilines is 1. The van der Waals surface area contributed by atoms with E-state index >= 15 is 0 Å². The van der Waals surface area contributed by atoms with Crippen LogP contribution in [0.3, 0.4) is 0 Å². The molecule has 7 nitrogen and oxygen atoms in total. The van der Waals surface area contributed by atoms with Crippen LogP contribution in [0, 0.1) is 0 Å². The summed E-state index contributed by atoms with van der Waals surface area (Å²) in [5, 5.41) is 16.9. The summed E-state index contributed by atoms with van der Waals surface area (Å²) in [5.41, 5.74) is 3.18. The van der Waals surface area contributed by atoms with Crippen LogP contribution in [0.25, 0.3) is 5.65 Å². The van der Waals surface area contributed by atoms with Crippen molar-refractivity contribution in [2.45, 2.75) is 19.4 Å². The van der Waals surface area contributed by atoms with E-state index in [-0.39, 0.29) is 18.1 Å². The molecule has 0 radical (unpaired) electrons. The summed E-state index contributed by atoms with van der Waals surface area (Å²) in [4.78, 5) is 16.7. The smallest absolute Gasteiger partial charge is 0.224 e. The highest BCUT2D eigenvalue weighted by Gasteiger charge is 2.08. The fourth-order valence-corrected chi connectivity index (χ4v) is 2.94. The Labute approximate surface area is 155 Å². The number of hydrogen-bond donors (Lipinski definition) is 2. The van der Waals surface area contributed by atoms with Gasteiger partial charge in [-0.15, -0.1) is 0 Å². The average molecular weight is 361 g/mol. The molecule has 4 rings (SSSR count). The molecule has 0 aliphatic carbocycles. The number of hydrogen-bond acceptors (Lipinski definition) is 4. The fraction of sp³-hybridized carbons (Fsp3) is 0.150. The van der Waals surface area contributed by atoms with Gasteiger partial charge in [0.2, 0.25) is 5.91 Å². The number of pyridine rings is 1. The van der Waals surface area contributed by atoms with Crippen LogP contribution in [0.15, 0.2) is 67.3 Å². The van der Waals surface area contributed by atoms with E-state index in [2.05, 4.69) is 15.4 Å². The number of phenols is 1. The first-order chi connectivity index (χ1) is 13.2. The lowest BCUT2D eigenvalue weighted by Crippen LogP contribution is -2.12. The molecule has 1 aromatic carbocycles. The topological polar surface area (TPSA) is 84.5 Å². The molecule has 0 saturated carbocycles. The highest BCUT2D eigenvalue weighted by atomic mass is 16.3. The third kappa shape index (κ3) is 3.98. The summed E-state index contributed by atoms with van der Waals surface area (Å²) in [6.45, 7) is 0.523. The van der Waals surface area contributed by atoms with Crippen LogP contribution < -0.4 is 5.32 Å². The Morgan fingerprint density at radius 3 is 2.81 bits per heavy atom. The van der Waals surface area contributed by atoms with E-state index in [4.69, 9.17) is 0 Å². The molecule has 0 atom stereocenters. The number of amides is 1. The summed E-state index contributed by atoms with van der Waals surface area (Å²) in [5.74, 6) is 0.0936. The monoisotopic (exact) mass is 361 g/mol. The van der Waals surface area contributed by atoms with E-state index in [0.717, 1.165) is 16.9 Å². The molecule has 0 fully saturated rings. The number of aryl methyl sites for hydroxylation is 1. The first-order valence-corrected chi connectivity index (χ1v) is 8.69. The second kappa shape index (κ2) is 7.33. The van der Waals surface area contributed by atoms with Gasteiger partial charge in [-0.2, -0.15) is 5.10 Å². The molecule has 0 spiro atoms. The number of imidazole rings is 1. The van der Waals surface area contributed by atoms with E-state index in [9.17, 15) is 9.90 Å². The van der Waals surface area contributed by atoms with Crippen LogP contribution in [0.4, 0.5) is 5.69 Å². The standard InChI is InChI=1S/C20H19N5O2/c26-18-6-2-1-5-15(18)8-9-20(27)23-16-11-21-25(13-16)14-17-12-24-10-4-3-7-19(24)22-17/h1-7,10-13,26H,8-9,14H2,(H,23,27). The Bertz CT molecular complexity index is 1050. The number of carbonyl (C=O) groups excluding carboxylic acids is 1. The number of phenolic OH excluding ortho intramolecular Hbond substituents is 1. The minimum absolute atomic E-state index is 0.120. The van der Waals surface area contributed by atoms with Crippen molar-refractivity contribution in [3.05, 3.63) is 78.5 Å². The van der Waals surface area contributed by atoms with Gasteiger partial charge in [-0.05, 0) is 30.2 Å². The lowest BCUT2D eigenvalue weighted by atomic mass is 10.1. The Kier molecular flexibility index (Phi) is 4.57. The fourth-order valence-electron chi connectivity index (χ4n) is 2.94. The van der Waals surface area contributed by atoms with Gasteiger partial charge in [0.05, 0.1) is 24.1 Å². The van der Waals surface area contributed by atoms with E-state index in [1.807, 2.05) is 47.1 Å². The molecule has 0 unspecified atom stereocenters. The van der Waals surface area contributed by atoms with Crippen molar-refractivity contribution in [1.82, 2.24) is 19.2 Å². The highest BCUT2D eigenvalue weighted by molar-refractivity contribution is 5.90. The minimum atomic E-state index is -0.120. The Hall–Kier alpha value is -3.61. The van der Waals surface area contributed by atoms with Gasteiger partial charge in [-0.25, -0.2) is 4.98 Å². The van der Waals surface area contributed by atoms with Crippen molar-refractivity contribution in [1.29, 1.82) is 0 Å². The number of aromatic nitrogens is 4. The predicted molar refractivity (Wildman–Crippen MR) is 102 cm³/mol. The molecule has 3 aromatic heterocycles. The van der Waals surface area contributed by atoms with E-state index < -0.39 is 0 Å². The number of fused-ring (bicyclic) bond motifs is 1. The lowest BCUT2D eigenvalue weighted by Gasteiger charge is -2.04. The van der Waals surface area contributed by atoms with Crippen molar-refractivity contribution in [3.63, 3.8) is 0 Å². The number of rotatable bonds is 6. The molecule has 2 N–H and O–H groups in total. The first kappa shape index (κ1) is 16.8. The molecule has 27 heavy (non-hydrogen) atoms. The van der Waals surface area contributed by atoms with Crippen molar-refractivity contribution in [2.75, 3.05) is 5.32 Å². The van der Waals surface area contributed by atoms with Gasteiger partial charge >= 0.3 is 0 Å². The maximum Gasteiger partial charge on any atom is 0.224 e. The molecule has 4 aromatic rings. The van der Waals surface area contributed by atoms with Crippen LogP contribution >= 0.6 is 0 Å². The third-order valence-corrected chi connectivity index (χ3v) is 4.27. The zero-order valence-corrected chi connectivity index (χ0v) is 14.6. The predicted octanol–water partition coefficient (Wildman–Crippen LogP) is 2.86. The van der Waals surface area contributed by atoms with Gasteiger partial charge in [-0.1, -0.05) is 24.3 Å². The highest BCUT2D eigenvalue weighted by Crippen LogP contribution is 2.17. The molecule has 7 heteroatoms. The van der Waals surface area contributed by atoms with Gasteiger partial charge in [0.25, 0.3) is 0 Å². The number of nitrogens with one attached hydrogen (secondary N) is 1. The van der Waals surface area contributed by atoms with Crippen LogP contribution in [0.2, 0.25) is 0 Å². The SMILES string of the molecule is O=C(CCc1ccccc1O)Nc1cnn(Cc2cn3ccccc3n2)c1. The van der Waals surface area contributed by atoms with E-state index in [0.29, 0.717) is 18.7 Å². The quantitative estimate of drug-likeness (QED) is 0.553. The third-order valence-electron chi connectivity index (χ3n) is 4.27. The lowest BCUT2D eigenvalue weighted by molar-refractivity contribution is -0.116. The maximum absolute atomic E-state index is 12.1. The Morgan fingerprint density at radius 1 is 1.11 bits per heavy atom.